The van der Waals surface area contributed by atoms with E-state index in [1.54, 1.807) is 10.6 Å². The summed E-state index contributed by atoms with van der Waals surface area (Å²) in [6.07, 6.45) is 0.672. The van der Waals surface area contributed by atoms with Gasteiger partial charge in [0.05, 0.1) is 0 Å². The van der Waals surface area contributed by atoms with Gasteiger partial charge in [-0.15, -0.1) is 11.3 Å². The van der Waals surface area contributed by atoms with Gasteiger partial charge in [-0.2, -0.15) is 0 Å². The maximum atomic E-state index is 12.8. The summed E-state index contributed by atoms with van der Waals surface area (Å²) >= 11 is 1.41. The summed E-state index contributed by atoms with van der Waals surface area (Å²) < 4.78 is 2.53. The van der Waals surface area contributed by atoms with Gasteiger partial charge in [0.2, 0.25) is 5.43 Å². The first-order chi connectivity index (χ1) is 10.5. The molecule has 0 radical (unpaired) electrons. The highest BCUT2D eigenvalue weighted by molar-refractivity contribution is 7.24. The average molecular weight is 314 g/mol. The molecule has 114 valence electrons. The van der Waals surface area contributed by atoms with E-state index in [1.165, 1.54) is 11.3 Å². The summed E-state index contributed by atoms with van der Waals surface area (Å²) in [7, 11) is 0. The second kappa shape index (κ2) is 5.65. The lowest BCUT2D eigenvalue weighted by molar-refractivity contribution is 0.492. The molecule has 0 aliphatic heterocycles. The van der Waals surface area contributed by atoms with Crippen molar-refractivity contribution in [2.24, 2.45) is 5.92 Å². The molecule has 0 saturated carbocycles. The van der Waals surface area contributed by atoms with Crippen LogP contribution in [0.4, 0.5) is 0 Å². The molecular weight excluding hydrogens is 296 g/mol. The smallest absolute Gasteiger partial charge is 0.266 e. The number of hydrogen-bond donors (Lipinski definition) is 0. The third-order valence-electron chi connectivity index (χ3n) is 3.64. The first-order valence-corrected chi connectivity index (χ1v) is 8.29. The van der Waals surface area contributed by atoms with Gasteiger partial charge in [0, 0.05) is 23.1 Å². The van der Waals surface area contributed by atoms with E-state index < -0.39 is 0 Å². The maximum Gasteiger partial charge on any atom is 0.266 e. The predicted octanol–water partition coefficient (Wildman–Crippen LogP) is 3.19. The molecule has 3 aromatic rings. The Balaban J connectivity index is 2.47. The largest absolute Gasteiger partial charge is 0.296 e. The second-order valence-corrected chi connectivity index (χ2v) is 6.83. The zero-order valence-electron chi connectivity index (χ0n) is 12.9. The molecule has 0 spiro atoms. The van der Waals surface area contributed by atoms with Crippen molar-refractivity contribution < 1.29 is 0 Å². The number of fused-ring (bicyclic) bond motifs is 2. The molecule has 5 heteroatoms. The van der Waals surface area contributed by atoms with Gasteiger partial charge >= 0.3 is 0 Å². The van der Waals surface area contributed by atoms with Crippen LogP contribution < -0.4 is 11.0 Å². The molecule has 22 heavy (non-hydrogen) atoms. The van der Waals surface area contributed by atoms with Gasteiger partial charge in [-0.25, -0.2) is 4.98 Å². The summed E-state index contributed by atoms with van der Waals surface area (Å²) in [5, 5.41) is 0.820. The van der Waals surface area contributed by atoms with E-state index in [1.807, 2.05) is 25.1 Å². The number of rotatable bonds is 3. The molecule has 2 heterocycles. The summed E-state index contributed by atoms with van der Waals surface area (Å²) in [5.74, 6) is 1.07. The topological polar surface area (TPSA) is 52.0 Å². The Morgan fingerprint density at radius 3 is 2.64 bits per heavy atom. The zero-order valence-corrected chi connectivity index (χ0v) is 13.7. The Morgan fingerprint density at radius 2 is 1.95 bits per heavy atom. The number of nitrogens with zero attached hydrogens (tertiary/aromatic N) is 2. The lowest BCUT2D eigenvalue weighted by atomic mass is 10.2. The van der Waals surface area contributed by atoms with Crippen molar-refractivity contribution in [2.45, 2.75) is 33.7 Å². The van der Waals surface area contributed by atoms with E-state index in [-0.39, 0.29) is 16.4 Å². The minimum atomic E-state index is -0.206. The van der Waals surface area contributed by atoms with Gasteiger partial charge < -0.3 is 0 Å². The highest BCUT2D eigenvalue weighted by Gasteiger charge is 2.16. The molecule has 3 rings (SSSR count). The van der Waals surface area contributed by atoms with Crippen LogP contribution in [0.1, 0.15) is 26.6 Å². The number of aromatic nitrogens is 2. The van der Waals surface area contributed by atoms with E-state index in [0.29, 0.717) is 29.1 Å². The summed E-state index contributed by atoms with van der Waals surface area (Å²) in [5.41, 5.74) is -0.412. The SMILES string of the molecule is CCc1nc2sc3ccccc3c(=O)c2c(=O)n1CC(C)C. The molecule has 4 nitrogen and oxygen atoms in total. The minimum Gasteiger partial charge on any atom is -0.296 e. The van der Waals surface area contributed by atoms with Crippen molar-refractivity contribution in [2.75, 3.05) is 0 Å². The molecule has 0 bridgehead atoms. The third kappa shape index (κ3) is 2.35. The Labute approximate surface area is 132 Å². The predicted molar refractivity (Wildman–Crippen MR) is 91.9 cm³/mol. The minimum absolute atomic E-state index is 0.206. The summed E-state index contributed by atoms with van der Waals surface area (Å²) in [4.78, 5) is 30.7. The van der Waals surface area contributed by atoms with Crippen LogP contribution in [0.15, 0.2) is 33.9 Å². The lowest BCUT2D eigenvalue weighted by Crippen LogP contribution is -2.30. The van der Waals surface area contributed by atoms with Gasteiger partial charge in [0.15, 0.2) is 0 Å². The Hall–Kier alpha value is -2.01. The molecule has 0 N–H and O–H groups in total. The number of aryl methyl sites for hydroxylation is 1. The van der Waals surface area contributed by atoms with Gasteiger partial charge in [-0.05, 0) is 18.1 Å². The van der Waals surface area contributed by atoms with E-state index >= 15 is 0 Å². The summed E-state index contributed by atoms with van der Waals surface area (Å²) in [6.45, 7) is 6.67. The van der Waals surface area contributed by atoms with E-state index in [9.17, 15) is 9.59 Å². The lowest BCUT2D eigenvalue weighted by Gasteiger charge is -2.14. The Bertz CT molecular complexity index is 970. The molecule has 0 aliphatic rings. The van der Waals surface area contributed by atoms with Gasteiger partial charge in [0.1, 0.15) is 16.0 Å². The van der Waals surface area contributed by atoms with Crippen molar-refractivity contribution in [3.63, 3.8) is 0 Å². The molecule has 0 aliphatic carbocycles. The molecular formula is C17H18N2O2S. The van der Waals surface area contributed by atoms with Gasteiger partial charge in [-0.1, -0.05) is 32.9 Å². The molecule has 0 fully saturated rings. The molecule has 0 saturated heterocycles. The van der Waals surface area contributed by atoms with Crippen molar-refractivity contribution in [1.29, 1.82) is 0 Å². The highest BCUT2D eigenvalue weighted by Crippen LogP contribution is 2.21. The summed E-state index contributed by atoms with van der Waals surface area (Å²) in [6, 6.07) is 7.38. The van der Waals surface area contributed by atoms with Crippen LogP contribution in [0.2, 0.25) is 0 Å². The quantitative estimate of drug-likeness (QED) is 0.698. The van der Waals surface area contributed by atoms with Gasteiger partial charge in [0.25, 0.3) is 5.56 Å². The van der Waals surface area contributed by atoms with Crippen molar-refractivity contribution >= 4 is 31.6 Å². The fourth-order valence-corrected chi connectivity index (χ4v) is 3.71. The fourth-order valence-electron chi connectivity index (χ4n) is 2.65. The molecule has 0 amide bonds. The van der Waals surface area contributed by atoms with E-state index in [0.717, 1.165) is 10.5 Å². The molecule has 2 aromatic heterocycles. The standard InChI is InChI=1S/C17H18N2O2S/c1-4-13-18-16-14(17(21)19(13)9-10(2)3)15(20)11-7-5-6-8-12(11)22-16/h5-8,10H,4,9H2,1-3H3. The molecule has 0 atom stereocenters. The van der Waals surface area contributed by atoms with Crippen LogP contribution >= 0.6 is 11.3 Å². The maximum absolute atomic E-state index is 12.8. The third-order valence-corrected chi connectivity index (χ3v) is 4.71. The second-order valence-electron chi connectivity index (χ2n) is 5.80. The van der Waals surface area contributed by atoms with Gasteiger partial charge in [-0.3, -0.25) is 14.2 Å². The van der Waals surface area contributed by atoms with Crippen LogP contribution in [-0.2, 0) is 13.0 Å². The number of benzene rings is 1. The molecule has 1 aromatic carbocycles. The van der Waals surface area contributed by atoms with E-state index in [4.69, 9.17) is 0 Å². The molecule has 0 unspecified atom stereocenters. The van der Waals surface area contributed by atoms with Crippen LogP contribution in [0.5, 0.6) is 0 Å². The van der Waals surface area contributed by atoms with Crippen molar-refractivity contribution in [1.82, 2.24) is 9.55 Å². The first-order valence-electron chi connectivity index (χ1n) is 7.48. The Morgan fingerprint density at radius 1 is 1.23 bits per heavy atom. The van der Waals surface area contributed by atoms with Crippen LogP contribution in [0.3, 0.4) is 0 Å². The average Bonchev–Trinajstić information content (AvgIpc) is 2.49. The highest BCUT2D eigenvalue weighted by atomic mass is 32.1. The van der Waals surface area contributed by atoms with Crippen LogP contribution in [0.25, 0.3) is 20.3 Å². The van der Waals surface area contributed by atoms with Crippen LogP contribution in [-0.4, -0.2) is 9.55 Å². The number of hydrogen-bond acceptors (Lipinski definition) is 4. The normalized spacial score (nSPS) is 11.6. The Kier molecular flexibility index (Phi) is 3.83. The first kappa shape index (κ1) is 14.9. The zero-order chi connectivity index (χ0) is 15.9. The van der Waals surface area contributed by atoms with E-state index in [2.05, 4.69) is 18.8 Å². The van der Waals surface area contributed by atoms with Crippen molar-refractivity contribution in [3.05, 3.63) is 50.7 Å². The van der Waals surface area contributed by atoms with Crippen LogP contribution in [0, 0.1) is 5.92 Å². The van der Waals surface area contributed by atoms with Crippen molar-refractivity contribution in [3.8, 4) is 0 Å². The monoisotopic (exact) mass is 314 g/mol. The fraction of sp³-hybridized carbons (Fsp3) is 0.353.